The predicted molar refractivity (Wildman–Crippen MR) is 72.2 cm³/mol. The molecule has 0 heterocycles. The molecule has 1 rings (SSSR count). The Morgan fingerprint density at radius 1 is 1.44 bits per heavy atom. The molecule has 0 aromatic heterocycles. The Hall–Kier alpha value is -0.940. The molecule has 0 aliphatic rings. The van der Waals surface area contributed by atoms with Gasteiger partial charge < -0.3 is 10.0 Å². The molecule has 3 nitrogen and oxygen atoms in total. The number of hydrogen-bond acceptors (Lipinski definition) is 2. The second-order valence-electron chi connectivity index (χ2n) is 4.29. The van der Waals surface area contributed by atoms with Crippen LogP contribution in [0.4, 0.5) is 4.39 Å². The van der Waals surface area contributed by atoms with Crippen LogP contribution >= 0.6 is 15.9 Å². The minimum absolute atomic E-state index is 0.176. The summed E-state index contributed by atoms with van der Waals surface area (Å²) >= 11 is 3.32. The first-order valence-electron chi connectivity index (χ1n) is 5.83. The van der Waals surface area contributed by atoms with Crippen molar-refractivity contribution < 1.29 is 14.3 Å². The van der Waals surface area contributed by atoms with E-state index in [-0.39, 0.29) is 12.2 Å². The fraction of sp³-hybridized carbons (Fsp3) is 0.462. The van der Waals surface area contributed by atoms with Crippen molar-refractivity contribution in [3.8, 4) is 0 Å². The van der Waals surface area contributed by atoms with Crippen molar-refractivity contribution in [2.75, 3.05) is 20.1 Å². The molecule has 0 saturated carbocycles. The number of rotatable bonds is 7. The Morgan fingerprint density at radius 3 is 2.83 bits per heavy atom. The first-order chi connectivity index (χ1) is 8.49. The number of halogens is 2. The molecule has 0 aliphatic carbocycles. The van der Waals surface area contributed by atoms with Gasteiger partial charge in [-0.15, -0.1) is 0 Å². The maximum absolute atomic E-state index is 13.5. The minimum Gasteiger partial charge on any atom is -0.481 e. The van der Waals surface area contributed by atoms with Crippen LogP contribution in [0.25, 0.3) is 0 Å². The topological polar surface area (TPSA) is 40.5 Å². The highest BCUT2D eigenvalue weighted by molar-refractivity contribution is 9.10. The monoisotopic (exact) mass is 317 g/mol. The van der Waals surface area contributed by atoms with E-state index < -0.39 is 5.97 Å². The Labute approximate surface area is 115 Å². The van der Waals surface area contributed by atoms with Crippen molar-refractivity contribution in [2.45, 2.75) is 19.3 Å². The largest absolute Gasteiger partial charge is 0.481 e. The molecule has 18 heavy (non-hydrogen) atoms. The molecule has 0 atom stereocenters. The van der Waals surface area contributed by atoms with E-state index in [2.05, 4.69) is 15.9 Å². The maximum Gasteiger partial charge on any atom is 0.303 e. The van der Waals surface area contributed by atoms with Crippen LogP contribution in [0.3, 0.4) is 0 Å². The third-order valence-electron chi connectivity index (χ3n) is 2.70. The highest BCUT2D eigenvalue weighted by atomic mass is 79.9. The number of carboxylic acid groups (broad SMARTS) is 1. The minimum atomic E-state index is -0.776. The van der Waals surface area contributed by atoms with Gasteiger partial charge in [0, 0.05) is 17.4 Å². The molecule has 5 heteroatoms. The van der Waals surface area contributed by atoms with Gasteiger partial charge in [-0.25, -0.2) is 4.39 Å². The fourth-order valence-corrected chi connectivity index (χ4v) is 2.07. The van der Waals surface area contributed by atoms with Crippen LogP contribution in [0.1, 0.15) is 18.4 Å². The van der Waals surface area contributed by atoms with Crippen molar-refractivity contribution in [1.29, 1.82) is 0 Å². The molecular weight excluding hydrogens is 301 g/mol. The number of carbonyl (C=O) groups is 1. The highest BCUT2D eigenvalue weighted by Crippen LogP contribution is 2.16. The Bertz CT molecular complexity index is 412. The van der Waals surface area contributed by atoms with E-state index >= 15 is 0 Å². The van der Waals surface area contributed by atoms with Gasteiger partial charge in [-0.2, -0.15) is 0 Å². The summed E-state index contributed by atoms with van der Waals surface area (Å²) in [5.41, 5.74) is 0.675. The van der Waals surface area contributed by atoms with Crippen molar-refractivity contribution in [3.63, 3.8) is 0 Å². The van der Waals surface area contributed by atoms with Gasteiger partial charge >= 0.3 is 5.97 Å². The SMILES string of the molecule is CN(CCCC(=O)O)CCc1cc(Br)ccc1F. The van der Waals surface area contributed by atoms with Crippen molar-refractivity contribution in [3.05, 3.63) is 34.1 Å². The van der Waals surface area contributed by atoms with Crippen molar-refractivity contribution in [1.82, 2.24) is 4.90 Å². The zero-order valence-corrected chi connectivity index (χ0v) is 11.9. The molecule has 0 amide bonds. The number of hydrogen-bond donors (Lipinski definition) is 1. The Balaban J connectivity index is 2.35. The van der Waals surface area contributed by atoms with Crippen LogP contribution in [0, 0.1) is 5.82 Å². The van der Waals surface area contributed by atoms with E-state index in [1.54, 1.807) is 12.1 Å². The number of likely N-dealkylation sites (N-methyl/N-ethyl adjacent to an activating group) is 1. The lowest BCUT2D eigenvalue weighted by molar-refractivity contribution is -0.137. The molecule has 0 unspecified atom stereocenters. The lowest BCUT2D eigenvalue weighted by atomic mass is 10.1. The van der Waals surface area contributed by atoms with E-state index in [1.165, 1.54) is 6.07 Å². The summed E-state index contributed by atoms with van der Waals surface area (Å²) in [6, 6.07) is 4.90. The summed E-state index contributed by atoms with van der Waals surface area (Å²) in [6.07, 6.45) is 1.41. The molecule has 0 bridgehead atoms. The van der Waals surface area contributed by atoms with Gasteiger partial charge in [0.15, 0.2) is 0 Å². The summed E-state index contributed by atoms with van der Waals surface area (Å²) in [4.78, 5) is 12.4. The van der Waals surface area contributed by atoms with Gasteiger partial charge in [-0.1, -0.05) is 15.9 Å². The predicted octanol–water partition coefficient (Wildman–Crippen LogP) is 2.93. The van der Waals surface area contributed by atoms with Crippen LogP contribution in [0.2, 0.25) is 0 Å². The zero-order chi connectivity index (χ0) is 13.5. The Kier molecular flexibility index (Phi) is 6.29. The number of nitrogens with zero attached hydrogens (tertiary/aromatic N) is 1. The van der Waals surface area contributed by atoms with Crippen LogP contribution < -0.4 is 0 Å². The molecule has 1 aromatic rings. The molecule has 100 valence electrons. The summed E-state index contributed by atoms with van der Waals surface area (Å²) in [7, 11) is 1.91. The molecule has 1 N–H and O–H groups in total. The second kappa shape index (κ2) is 7.48. The van der Waals surface area contributed by atoms with Crippen LogP contribution in [0.5, 0.6) is 0 Å². The van der Waals surface area contributed by atoms with Gasteiger partial charge in [0.2, 0.25) is 0 Å². The van der Waals surface area contributed by atoms with Crippen LogP contribution in [0.15, 0.2) is 22.7 Å². The van der Waals surface area contributed by atoms with Gasteiger partial charge in [0.1, 0.15) is 5.82 Å². The molecule has 0 fully saturated rings. The summed E-state index contributed by atoms with van der Waals surface area (Å²) in [6.45, 7) is 1.43. The lowest BCUT2D eigenvalue weighted by Gasteiger charge is -2.16. The zero-order valence-electron chi connectivity index (χ0n) is 10.3. The van der Waals surface area contributed by atoms with Gasteiger partial charge in [-0.3, -0.25) is 4.79 Å². The van der Waals surface area contributed by atoms with Crippen molar-refractivity contribution >= 4 is 21.9 Å². The highest BCUT2D eigenvalue weighted by Gasteiger charge is 2.05. The first kappa shape index (κ1) is 15.1. The summed E-state index contributed by atoms with van der Waals surface area (Å²) in [5.74, 6) is -0.974. The quantitative estimate of drug-likeness (QED) is 0.840. The van der Waals surface area contributed by atoms with E-state index in [4.69, 9.17) is 5.11 Å². The molecule has 1 aromatic carbocycles. The number of aliphatic carboxylic acids is 1. The lowest BCUT2D eigenvalue weighted by Crippen LogP contribution is -2.23. The molecule has 0 spiro atoms. The standard InChI is InChI=1S/C13H17BrFNO2/c1-16(7-2-3-13(17)18)8-6-10-9-11(14)4-5-12(10)15/h4-5,9H,2-3,6-8H2,1H3,(H,17,18). The normalized spacial score (nSPS) is 10.9. The molecular formula is C13H17BrFNO2. The maximum atomic E-state index is 13.5. The average molecular weight is 318 g/mol. The summed E-state index contributed by atoms with van der Waals surface area (Å²) in [5, 5.41) is 8.53. The van der Waals surface area contributed by atoms with E-state index in [1.807, 2.05) is 11.9 Å². The third kappa shape index (κ3) is 5.60. The van der Waals surface area contributed by atoms with Crippen molar-refractivity contribution in [2.24, 2.45) is 0 Å². The number of benzene rings is 1. The second-order valence-corrected chi connectivity index (χ2v) is 5.20. The molecule has 0 saturated heterocycles. The average Bonchev–Trinajstić information content (AvgIpc) is 2.30. The Morgan fingerprint density at radius 2 is 2.17 bits per heavy atom. The van der Waals surface area contributed by atoms with Crippen LogP contribution in [-0.4, -0.2) is 36.1 Å². The summed E-state index contributed by atoms with van der Waals surface area (Å²) < 4.78 is 14.3. The van der Waals surface area contributed by atoms with Crippen LogP contribution in [-0.2, 0) is 11.2 Å². The first-order valence-corrected chi connectivity index (χ1v) is 6.62. The van der Waals surface area contributed by atoms with E-state index in [0.29, 0.717) is 31.5 Å². The van der Waals surface area contributed by atoms with E-state index in [9.17, 15) is 9.18 Å². The van der Waals surface area contributed by atoms with E-state index in [0.717, 1.165) is 4.47 Å². The smallest absolute Gasteiger partial charge is 0.303 e. The molecule has 0 radical (unpaired) electrons. The fourth-order valence-electron chi connectivity index (χ4n) is 1.66. The van der Waals surface area contributed by atoms with Gasteiger partial charge in [0.05, 0.1) is 0 Å². The number of carboxylic acids is 1. The third-order valence-corrected chi connectivity index (χ3v) is 3.19. The van der Waals surface area contributed by atoms with Gasteiger partial charge in [-0.05, 0) is 50.2 Å². The molecule has 0 aliphatic heterocycles. The van der Waals surface area contributed by atoms with Gasteiger partial charge in [0.25, 0.3) is 0 Å².